The van der Waals surface area contributed by atoms with Crippen LogP contribution in [0.15, 0.2) is 24.3 Å². The van der Waals surface area contributed by atoms with Crippen molar-refractivity contribution in [2.24, 2.45) is 0 Å². The standard InChI is InChI=1S/C15H24N2O/c1-3-14(16-4-2)12-17-9-10-18-15-8-6-5-7-13(15)11-17/h5-8,14,16H,3-4,9-12H2,1-2H3. The van der Waals surface area contributed by atoms with Gasteiger partial charge in [-0.2, -0.15) is 0 Å². The van der Waals surface area contributed by atoms with E-state index in [0.29, 0.717) is 6.04 Å². The molecule has 1 atom stereocenters. The van der Waals surface area contributed by atoms with E-state index >= 15 is 0 Å². The smallest absolute Gasteiger partial charge is 0.123 e. The molecule has 3 nitrogen and oxygen atoms in total. The fraction of sp³-hybridized carbons (Fsp3) is 0.600. The molecule has 0 saturated carbocycles. The minimum atomic E-state index is 0.584. The van der Waals surface area contributed by atoms with Gasteiger partial charge < -0.3 is 10.1 Å². The van der Waals surface area contributed by atoms with E-state index in [1.807, 2.05) is 6.07 Å². The first-order chi connectivity index (χ1) is 8.83. The fourth-order valence-corrected chi connectivity index (χ4v) is 2.47. The van der Waals surface area contributed by atoms with Crippen molar-refractivity contribution in [3.05, 3.63) is 29.8 Å². The van der Waals surface area contributed by atoms with Crippen LogP contribution in [0.3, 0.4) is 0 Å². The molecule has 0 bridgehead atoms. The Morgan fingerprint density at radius 3 is 2.94 bits per heavy atom. The van der Waals surface area contributed by atoms with Crippen molar-refractivity contribution in [3.8, 4) is 5.75 Å². The van der Waals surface area contributed by atoms with Crippen LogP contribution in [-0.2, 0) is 6.54 Å². The fourth-order valence-electron chi connectivity index (χ4n) is 2.47. The molecule has 1 aliphatic heterocycles. The van der Waals surface area contributed by atoms with Crippen molar-refractivity contribution in [1.82, 2.24) is 10.2 Å². The van der Waals surface area contributed by atoms with E-state index in [1.54, 1.807) is 0 Å². The summed E-state index contributed by atoms with van der Waals surface area (Å²) in [6.45, 7) is 9.36. The van der Waals surface area contributed by atoms with Crippen LogP contribution in [0.1, 0.15) is 25.8 Å². The quantitative estimate of drug-likeness (QED) is 0.865. The summed E-state index contributed by atoms with van der Waals surface area (Å²) in [4.78, 5) is 2.49. The molecule has 1 aromatic carbocycles. The number of hydrogen-bond acceptors (Lipinski definition) is 3. The Kier molecular flexibility index (Phi) is 5.02. The molecule has 18 heavy (non-hydrogen) atoms. The summed E-state index contributed by atoms with van der Waals surface area (Å²) in [6, 6.07) is 8.96. The molecule has 0 aliphatic carbocycles. The van der Waals surface area contributed by atoms with Gasteiger partial charge in [0.15, 0.2) is 0 Å². The van der Waals surface area contributed by atoms with E-state index < -0.39 is 0 Å². The number of benzene rings is 1. The number of hydrogen-bond donors (Lipinski definition) is 1. The lowest BCUT2D eigenvalue weighted by molar-refractivity contribution is 0.205. The number of nitrogens with zero attached hydrogens (tertiary/aromatic N) is 1. The molecule has 1 aliphatic rings. The lowest BCUT2D eigenvalue weighted by Gasteiger charge is -2.25. The molecule has 1 N–H and O–H groups in total. The van der Waals surface area contributed by atoms with Gasteiger partial charge in [-0.1, -0.05) is 32.0 Å². The van der Waals surface area contributed by atoms with Gasteiger partial charge in [0, 0.05) is 31.2 Å². The van der Waals surface area contributed by atoms with Crippen LogP contribution in [0.2, 0.25) is 0 Å². The highest BCUT2D eigenvalue weighted by Crippen LogP contribution is 2.22. The molecule has 100 valence electrons. The van der Waals surface area contributed by atoms with Gasteiger partial charge in [0.2, 0.25) is 0 Å². The monoisotopic (exact) mass is 248 g/mol. The number of nitrogens with one attached hydrogen (secondary N) is 1. The zero-order valence-corrected chi connectivity index (χ0v) is 11.5. The van der Waals surface area contributed by atoms with Crippen LogP contribution in [0, 0.1) is 0 Å². The normalized spacial score (nSPS) is 17.7. The maximum atomic E-state index is 5.79. The highest BCUT2D eigenvalue weighted by Gasteiger charge is 2.17. The average Bonchev–Trinajstić information content (AvgIpc) is 2.59. The van der Waals surface area contributed by atoms with Crippen LogP contribution < -0.4 is 10.1 Å². The third-order valence-electron chi connectivity index (χ3n) is 3.50. The summed E-state index contributed by atoms with van der Waals surface area (Å²) in [6.07, 6.45) is 1.17. The van der Waals surface area contributed by atoms with Crippen molar-refractivity contribution in [2.45, 2.75) is 32.9 Å². The van der Waals surface area contributed by atoms with Crippen molar-refractivity contribution >= 4 is 0 Å². The molecule has 0 amide bonds. The molecule has 1 unspecified atom stereocenters. The van der Waals surface area contributed by atoms with E-state index in [-0.39, 0.29) is 0 Å². The van der Waals surface area contributed by atoms with Crippen molar-refractivity contribution in [2.75, 3.05) is 26.2 Å². The highest BCUT2D eigenvalue weighted by atomic mass is 16.5. The van der Waals surface area contributed by atoms with E-state index in [2.05, 4.69) is 42.3 Å². The van der Waals surface area contributed by atoms with Gasteiger partial charge in [-0.3, -0.25) is 4.90 Å². The van der Waals surface area contributed by atoms with Gasteiger partial charge in [0.1, 0.15) is 12.4 Å². The number of ether oxygens (including phenoxy) is 1. The van der Waals surface area contributed by atoms with Crippen LogP contribution >= 0.6 is 0 Å². The van der Waals surface area contributed by atoms with Crippen LogP contribution in [0.4, 0.5) is 0 Å². The second-order valence-corrected chi connectivity index (χ2v) is 4.85. The van der Waals surface area contributed by atoms with E-state index in [1.165, 1.54) is 12.0 Å². The number of para-hydroxylation sites is 1. The Labute approximate surface area is 110 Å². The summed E-state index contributed by atoms with van der Waals surface area (Å²) >= 11 is 0. The van der Waals surface area contributed by atoms with Crippen molar-refractivity contribution in [3.63, 3.8) is 0 Å². The molecule has 1 heterocycles. The largest absolute Gasteiger partial charge is 0.492 e. The van der Waals surface area contributed by atoms with Gasteiger partial charge >= 0.3 is 0 Å². The van der Waals surface area contributed by atoms with Gasteiger partial charge in [0.25, 0.3) is 0 Å². The predicted octanol–water partition coefficient (Wildman–Crippen LogP) is 2.27. The zero-order chi connectivity index (χ0) is 12.8. The maximum absolute atomic E-state index is 5.79. The average molecular weight is 248 g/mol. The Hall–Kier alpha value is -1.06. The number of fused-ring (bicyclic) bond motifs is 1. The van der Waals surface area contributed by atoms with Crippen LogP contribution in [0.5, 0.6) is 5.75 Å². The van der Waals surface area contributed by atoms with Gasteiger partial charge in [-0.05, 0) is 19.0 Å². The van der Waals surface area contributed by atoms with E-state index in [4.69, 9.17) is 4.74 Å². The Bertz CT molecular complexity index is 367. The third kappa shape index (κ3) is 3.47. The summed E-state index contributed by atoms with van der Waals surface area (Å²) in [5.41, 5.74) is 1.31. The summed E-state index contributed by atoms with van der Waals surface area (Å²) < 4.78 is 5.79. The Morgan fingerprint density at radius 2 is 2.17 bits per heavy atom. The molecule has 0 aromatic heterocycles. The molecule has 0 spiro atoms. The molecule has 0 saturated heterocycles. The van der Waals surface area contributed by atoms with Crippen LogP contribution in [-0.4, -0.2) is 37.2 Å². The SMILES string of the molecule is CCNC(CC)CN1CCOc2ccccc2C1. The molecular formula is C15H24N2O. The minimum Gasteiger partial charge on any atom is -0.492 e. The summed E-state index contributed by atoms with van der Waals surface area (Å²) in [7, 11) is 0. The van der Waals surface area contributed by atoms with Gasteiger partial charge in [-0.25, -0.2) is 0 Å². The number of rotatable bonds is 5. The summed E-state index contributed by atoms with van der Waals surface area (Å²) in [5.74, 6) is 1.05. The first-order valence-corrected chi connectivity index (χ1v) is 7.00. The second kappa shape index (κ2) is 6.76. The Morgan fingerprint density at radius 1 is 1.33 bits per heavy atom. The van der Waals surface area contributed by atoms with E-state index in [0.717, 1.165) is 38.5 Å². The van der Waals surface area contributed by atoms with Crippen LogP contribution in [0.25, 0.3) is 0 Å². The topological polar surface area (TPSA) is 24.5 Å². The first kappa shape index (κ1) is 13.4. The molecule has 0 radical (unpaired) electrons. The van der Waals surface area contributed by atoms with E-state index in [9.17, 15) is 0 Å². The van der Waals surface area contributed by atoms with Gasteiger partial charge in [-0.15, -0.1) is 0 Å². The Balaban J connectivity index is 1.99. The number of likely N-dealkylation sites (N-methyl/N-ethyl adjacent to an activating group) is 1. The second-order valence-electron chi connectivity index (χ2n) is 4.85. The molecule has 3 heteroatoms. The lowest BCUT2D eigenvalue weighted by atomic mass is 10.1. The van der Waals surface area contributed by atoms with Crippen molar-refractivity contribution < 1.29 is 4.74 Å². The lowest BCUT2D eigenvalue weighted by Crippen LogP contribution is -2.41. The predicted molar refractivity (Wildman–Crippen MR) is 75.0 cm³/mol. The van der Waals surface area contributed by atoms with Gasteiger partial charge in [0.05, 0.1) is 0 Å². The first-order valence-electron chi connectivity index (χ1n) is 7.00. The molecule has 1 aromatic rings. The third-order valence-corrected chi connectivity index (χ3v) is 3.50. The molecule has 0 fully saturated rings. The van der Waals surface area contributed by atoms with Crippen molar-refractivity contribution in [1.29, 1.82) is 0 Å². The molecule has 2 rings (SSSR count). The minimum absolute atomic E-state index is 0.584. The summed E-state index contributed by atoms with van der Waals surface area (Å²) in [5, 5.41) is 3.54. The molecular weight excluding hydrogens is 224 g/mol. The maximum Gasteiger partial charge on any atom is 0.123 e. The zero-order valence-electron chi connectivity index (χ0n) is 11.5. The highest BCUT2D eigenvalue weighted by molar-refractivity contribution is 5.33.